The first-order valence-corrected chi connectivity index (χ1v) is 14.8. The van der Waals surface area contributed by atoms with Crippen molar-refractivity contribution in [2.75, 3.05) is 18.0 Å². The van der Waals surface area contributed by atoms with E-state index < -0.39 is 28.5 Å². The number of hydrogen-bond donors (Lipinski definition) is 1. The lowest BCUT2D eigenvalue weighted by molar-refractivity contribution is -0.140. The smallest absolute Gasteiger partial charge is 0.264 e. The van der Waals surface area contributed by atoms with Gasteiger partial charge in [0, 0.05) is 12.6 Å². The van der Waals surface area contributed by atoms with Crippen molar-refractivity contribution in [3.8, 4) is 5.75 Å². The number of sulfonamides is 1. The van der Waals surface area contributed by atoms with Gasteiger partial charge in [0.25, 0.3) is 10.0 Å². The number of carbonyl (C=O) groups is 2. The fourth-order valence-corrected chi connectivity index (χ4v) is 5.80. The minimum atomic E-state index is -4.14. The number of nitrogens with zero attached hydrogens (tertiary/aromatic N) is 2. The van der Waals surface area contributed by atoms with E-state index in [0.29, 0.717) is 17.9 Å². The fourth-order valence-electron chi connectivity index (χ4n) is 4.39. The second-order valence-electron chi connectivity index (χ2n) is 10.1. The van der Waals surface area contributed by atoms with E-state index in [1.165, 1.54) is 24.1 Å². The molecule has 9 heteroatoms. The summed E-state index contributed by atoms with van der Waals surface area (Å²) in [4.78, 5) is 28.8. The zero-order valence-corrected chi connectivity index (χ0v) is 24.9. The largest absolute Gasteiger partial charge is 0.497 e. The standard InChI is InChI=1S/C31H39N3O5S/c1-7-29(31(36)32-22(2)3)33(20-25-11-9-8-10-24(25)5)30(35)21-34(26-14-12-23(4)13-15-26)40(37,38)28-18-16-27(39-6)17-19-28/h8-19,22,29H,7,20-21H2,1-6H3,(H,32,36)/t29-/m1/s1. The van der Waals surface area contributed by atoms with Crippen LogP contribution >= 0.6 is 0 Å². The monoisotopic (exact) mass is 565 g/mol. The van der Waals surface area contributed by atoms with Gasteiger partial charge in [-0.2, -0.15) is 0 Å². The Balaban J connectivity index is 2.07. The molecular formula is C31H39N3O5S. The molecule has 3 aromatic rings. The van der Waals surface area contributed by atoms with E-state index in [2.05, 4.69) is 5.32 Å². The molecule has 0 fully saturated rings. The van der Waals surface area contributed by atoms with Crippen LogP contribution in [0.25, 0.3) is 0 Å². The Bertz CT molecular complexity index is 1400. The fraction of sp³-hybridized carbons (Fsp3) is 0.355. The van der Waals surface area contributed by atoms with Crippen LogP contribution in [-0.2, 0) is 26.2 Å². The number of methoxy groups -OCH3 is 1. The third-order valence-corrected chi connectivity index (χ3v) is 8.46. The van der Waals surface area contributed by atoms with Gasteiger partial charge < -0.3 is 15.0 Å². The molecule has 0 saturated carbocycles. The molecule has 0 spiro atoms. The van der Waals surface area contributed by atoms with Crippen LogP contribution in [0.5, 0.6) is 5.75 Å². The van der Waals surface area contributed by atoms with E-state index in [4.69, 9.17) is 4.74 Å². The van der Waals surface area contributed by atoms with Crippen molar-refractivity contribution < 1.29 is 22.7 Å². The molecule has 40 heavy (non-hydrogen) atoms. The topological polar surface area (TPSA) is 96.0 Å². The van der Waals surface area contributed by atoms with Gasteiger partial charge in [0.2, 0.25) is 11.8 Å². The molecule has 2 amide bonds. The van der Waals surface area contributed by atoms with Gasteiger partial charge in [-0.1, -0.05) is 48.9 Å². The molecular weight excluding hydrogens is 526 g/mol. The highest BCUT2D eigenvalue weighted by molar-refractivity contribution is 7.92. The Morgan fingerprint density at radius 1 is 0.925 bits per heavy atom. The average molecular weight is 566 g/mol. The number of anilines is 1. The maximum atomic E-state index is 14.1. The Kier molecular flexibility index (Phi) is 10.3. The first-order chi connectivity index (χ1) is 19.0. The van der Waals surface area contributed by atoms with Gasteiger partial charge in [0.05, 0.1) is 17.7 Å². The van der Waals surface area contributed by atoms with Gasteiger partial charge in [0.1, 0.15) is 18.3 Å². The number of hydrogen-bond acceptors (Lipinski definition) is 5. The summed E-state index contributed by atoms with van der Waals surface area (Å²) < 4.78 is 34.2. The predicted octanol–water partition coefficient (Wildman–Crippen LogP) is 4.84. The van der Waals surface area contributed by atoms with Crippen molar-refractivity contribution >= 4 is 27.5 Å². The maximum Gasteiger partial charge on any atom is 0.264 e. The molecule has 1 atom stereocenters. The number of benzene rings is 3. The molecule has 0 aromatic heterocycles. The second kappa shape index (κ2) is 13.5. The molecule has 0 aliphatic rings. The first kappa shape index (κ1) is 30.7. The number of rotatable bonds is 12. The SMILES string of the molecule is CC[C@H](C(=O)NC(C)C)N(Cc1ccccc1C)C(=O)CN(c1ccc(C)cc1)S(=O)(=O)c1ccc(OC)cc1. The summed E-state index contributed by atoms with van der Waals surface area (Å²) in [5.74, 6) is -0.241. The summed E-state index contributed by atoms with van der Waals surface area (Å²) in [6.07, 6.45) is 0.367. The highest BCUT2D eigenvalue weighted by Gasteiger charge is 2.34. The van der Waals surface area contributed by atoms with Crippen LogP contribution in [0.1, 0.15) is 43.9 Å². The number of ether oxygens (including phenoxy) is 1. The lowest BCUT2D eigenvalue weighted by atomic mass is 10.1. The van der Waals surface area contributed by atoms with Crippen molar-refractivity contribution in [1.82, 2.24) is 10.2 Å². The van der Waals surface area contributed by atoms with E-state index in [0.717, 1.165) is 21.0 Å². The minimum absolute atomic E-state index is 0.0247. The third kappa shape index (κ3) is 7.41. The van der Waals surface area contributed by atoms with E-state index in [1.54, 1.807) is 36.4 Å². The number of nitrogens with one attached hydrogen (secondary N) is 1. The molecule has 0 unspecified atom stereocenters. The van der Waals surface area contributed by atoms with Crippen LogP contribution in [0.4, 0.5) is 5.69 Å². The lowest BCUT2D eigenvalue weighted by Crippen LogP contribution is -2.53. The van der Waals surface area contributed by atoms with E-state index in [-0.39, 0.29) is 23.4 Å². The molecule has 214 valence electrons. The molecule has 3 rings (SSSR count). The summed E-state index contributed by atoms with van der Waals surface area (Å²) >= 11 is 0. The summed E-state index contributed by atoms with van der Waals surface area (Å²) in [7, 11) is -2.64. The number of amides is 2. The molecule has 0 radical (unpaired) electrons. The van der Waals surface area contributed by atoms with Gasteiger partial charge in [-0.05, 0) is 81.6 Å². The Morgan fingerprint density at radius 2 is 1.55 bits per heavy atom. The van der Waals surface area contributed by atoms with Gasteiger partial charge >= 0.3 is 0 Å². The molecule has 0 saturated heterocycles. The highest BCUT2D eigenvalue weighted by atomic mass is 32.2. The molecule has 8 nitrogen and oxygen atoms in total. The molecule has 0 aliphatic carbocycles. The molecule has 3 aromatic carbocycles. The van der Waals surface area contributed by atoms with Crippen LogP contribution < -0.4 is 14.4 Å². The number of aryl methyl sites for hydroxylation is 2. The zero-order chi connectivity index (χ0) is 29.4. The zero-order valence-electron chi connectivity index (χ0n) is 24.0. The van der Waals surface area contributed by atoms with Crippen molar-refractivity contribution in [1.29, 1.82) is 0 Å². The van der Waals surface area contributed by atoms with Gasteiger partial charge in [-0.3, -0.25) is 13.9 Å². The summed E-state index contributed by atoms with van der Waals surface area (Å²) in [6.45, 7) is 9.10. The second-order valence-corrected chi connectivity index (χ2v) is 11.9. The normalized spacial score (nSPS) is 12.1. The molecule has 1 N–H and O–H groups in total. The first-order valence-electron chi connectivity index (χ1n) is 13.4. The summed E-state index contributed by atoms with van der Waals surface area (Å²) in [5, 5.41) is 2.91. The molecule has 0 heterocycles. The van der Waals surface area contributed by atoms with Crippen molar-refractivity contribution in [2.24, 2.45) is 0 Å². The Hall–Kier alpha value is -3.85. The van der Waals surface area contributed by atoms with E-state index in [1.807, 2.05) is 58.9 Å². The Morgan fingerprint density at radius 3 is 2.10 bits per heavy atom. The van der Waals surface area contributed by atoms with Gasteiger partial charge in [0.15, 0.2) is 0 Å². The van der Waals surface area contributed by atoms with Crippen LogP contribution in [0.15, 0.2) is 77.7 Å². The lowest BCUT2D eigenvalue weighted by Gasteiger charge is -2.34. The van der Waals surface area contributed by atoms with Crippen molar-refractivity contribution in [3.05, 3.63) is 89.5 Å². The summed E-state index contributed by atoms with van der Waals surface area (Å²) in [6, 6.07) is 19.7. The van der Waals surface area contributed by atoms with Crippen LogP contribution in [-0.4, -0.2) is 50.9 Å². The van der Waals surface area contributed by atoms with Crippen LogP contribution in [0, 0.1) is 13.8 Å². The van der Waals surface area contributed by atoms with E-state index in [9.17, 15) is 18.0 Å². The van der Waals surface area contributed by atoms with Gasteiger partial charge in [-0.25, -0.2) is 8.42 Å². The van der Waals surface area contributed by atoms with Crippen LogP contribution in [0.2, 0.25) is 0 Å². The van der Waals surface area contributed by atoms with Gasteiger partial charge in [-0.15, -0.1) is 0 Å². The van der Waals surface area contributed by atoms with Crippen molar-refractivity contribution in [2.45, 2.75) is 64.6 Å². The highest BCUT2D eigenvalue weighted by Crippen LogP contribution is 2.26. The minimum Gasteiger partial charge on any atom is -0.497 e. The van der Waals surface area contributed by atoms with E-state index >= 15 is 0 Å². The quantitative estimate of drug-likeness (QED) is 0.339. The van der Waals surface area contributed by atoms with Crippen LogP contribution in [0.3, 0.4) is 0 Å². The Labute approximate surface area is 238 Å². The third-order valence-electron chi connectivity index (χ3n) is 6.67. The molecule has 0 aliphatic heterocycles. The maximum absolute atomic E-state index is 14.1. The molecule has 0 bridgehead atoms. The number of carbonyl (C=O) groups excluding carboxylic acids is 2. The summed E-state index contributed by atoms with van der Waals surface area (Å²) in [5.41, 5.74) is 3.16. The van der Waals surface area contributed by atoms with Crippen molar-refractivity contribution in [3.63, 3.8) is 0 Å². The average Bonchev–Trinajstić information content (AvgIpc) is 2.92. The predicted molar refractivity (Wildman–Crippen MR) is 158 cm³/mol.